The Hall–Kier alpha value is -2.87. The van der Waals surface area contributed by atoms with Crippen LogP contribution >= 0.6 is 0 Å². The molecule has 1 heterocycles. The summed E-state index contributed by atoms with van der Waals surface area (Å²) >= 11 is 0. The molecule has 1 aliphatic heterocycles. The summed E-state index contributed by atoms with van der Waals surface area (Å²) in [6.07, 6.45) is 0. The summed E-state index contributed by atoms with van der Waals surface area (Å²) in [5, 5.41) is 0. The van der Waals surface area contributed by atoms with Gasteiger partial charge in [-0.05, 0) is 31.5 Å². The number of carbonyl (C=O) groups is 3. The molecule has 8 heteroatoms. The van der Waals surface area contributed by atoms with Crippen LogP contribution in [0.5, 0.6) is 0 Å². The van der Waals surface area contributed by atoms with Gasteiger partial charge >= 0.3 is 17.9 Å². The van der Waals surface area contributed by atoms with Crippen molar-refractivity contribution in [2.75, 3.05) is 39.1 Å². The summed E-state index contributed by atoms with van der Waals surface area (Å²) in [5.74, 6) is -1.86. The molecule has 0 saturated carbocycles. The van der Waals surface area contributed by atoms with E-state index in [9.17, 15) is 14.4 Å². The maximum atomic E-state index is 12.3. The Bertz CT molecular complexity index is 754. The fourth-order valence-electron chi connectivity index (χ4n) is 2.68. The van der Waals surface area contributed by atoms with Gasteiger partial charge in [-0.2, -0.15) is 0 Å². The molecule has 2 rings (SSSR count). The van der Waals surface area contributed by atoms with Crippen LogP contribution in [0.2, 0.25) is 0 Å². The zero-order valence-electron chi connectivity index (χ0n) is 15.2. The summed E-state index contributed by atoms with van der Waals surface area (Å²) in [6, 6.07) is 5.00. The van der Waals surface area contributed by atoms with Gasteiger partial charge in [-0.15, -0.1) is 0 Å². The number of benzene rings is 1. The van der Waals surface area contributed by atoms with Crippen LogP contribution in [0.1, 0.15) is 22.8 Å². The van der Waals surface area contributed by atoms with E-state index in [0.29, 0.717) is 16.8 Å². The second-order valence-electron chi connectivity index (χ2n) is 5.39. The van der Waals surface area contributed by atoms with Gasteiger partial charge in [0.05, 0.1) is 38.6 Å². The van der Waals surface area contributed by atoms with Crippen molar-refractivity contribution in [3.63, 3.8) is 0 Å². The number of carbonyl (C=O) groups excluding carboxylic acids is 3. The van der Waals surface area contributed by atoms with Crippen molar-refractivity contribution in [3.05, 3.63) is 40.6 Å². The third kappa shape index (κ3) is 3.70. The summed E-state index contributed by atoms with van der Waals surface area (Å²) < 4.78 is 20.1. The fourth-order valence-corrected chi connectivity index (χ4v) is 2.68. The highest BCUT2D eigenvalue weighted by molar-refractivity contribution is 6.04. The smallest absolute Gasteiger partial charge is 0.355 e. The average molecular weight is 363 g/mol. The van der Waals surface area contributed by atoms with Crippen LogP contribution in [0.3, 0.4) is 0 Å². The average Bonchev–Trinajstić information content (AvgIpc) is 2.66. The van der Waals surface area contributed by atoms with Gasteiger partial charge in [-0.3, -0.25) is 0 Å². The SMILES string of the molecule is CCOC(=O)c1cccc(N2COCC(C(=O)OC)=C2C(=O)OC)c1C. The molecule has 1 aromatic carbocycles. The zero-order valence-corrected chi connectivity index (χ0v) is 15.2. The first kappa shape index (κ1) is 19.5. The molecule has 0 atom stereocenters. The maximum Gasteiger partial charge on any atom is 0.355 e. The number of ether oxygens (including phenoxy) is 4. The number of esters is 3. The van der Waals surface area contributed by atoms with Crippen molar-refractivity contribution >= 4 is 23.6 Å². The molecule has 0 bridgehead atoms. The van der Waals surface area contributed by atoms with Crippen molar-refractivity contribution in [1.82, 2.24) is 0 Å². The van der Waals surface area contributed by atoms with E-state index in [1.54, 1.807) is 32.0 Å². The van der Waals surface area contributed by atoms with E-state index < -0.39 is 17.9 Å². The lowest BCUT2D eigenvalue weighted by atomic mass is 10.0. The summed E-state index contributed by atoms with van der Waals surface area (Å²) in [5.41, 5.74) is 1.54. The fraction of sp³-hybridized carbons (Fsp3) is 0.389. The molecule has 0 saturated heterocycles. The number of hydrogen-bond acceptors (Lipinski definition) is 8. The van der Waals surface area contributed by atoms with E-state index >= 15 is 0 Å². The molecular weight excluding hydrogens is 342 g/mol. The molecule has 8 nitrogen and oxygen atoms in total. The van der Waals surface area contributed by atoms with Crippen LogP contribution in [0.15, 0.2) is 29.5 Å². The minimum atomic E-state index is -0.699. The highest BCUT2D eigenvalue weighted by atomic mass is 16.5. The van der Waals surface area contributed by atoms with Gasteiger partial charge < -0.3 is 23.8 Å². The lowest BCUT2D eigenvalue weighted by Gasteiger charge is -2.32. The van der Waals surface area contributed by atoms with Gasteiger partial charge in [-0.25, -0.2) is 14.4 Å². The Morgan fingerprint density at radius 1 is 1.12 bits per heavy atom. The van der Waals surface area contributed by atoms with Gasteiger partial charge in [0, 0.05) is 5.69 Å². The lowest BCUT2D eigenvalue weighted by Crippen LogP contribution is -2.39. The molecule has 0 amide bonds. The van der Waals surface area contributed by atoms with Crippen LogP contribution < -0.4 is 4.90 Å². The van der Waals surface area contributed by atoms with Gasteiger partial charge in [0.2, 0.25) is 0 Å². The van der Waals surface area contributed by atoms with E-state index in [1.807, 2.05) is 0 Å². The highest BCUT2D eigenvalue weighted by Crippen LogP contribution is 2.31. The summed E-state index contributed by atoms with van der Waals surface area (Å²) in [4.78, 5) is 38.0. The molecule has 0 radical (unpaired) electrons. The first-order valence-corrected chi connectivity index (χ1v) is 7.98. The molecule has 0 aliphatic carbocycles. The number of methoxy groups -OCH3 is 2. The molecular formula is C18H21NO7. The van der Waals surface area contributed by atoms with Gasteiger partial charge in [0.25, 0.3) is 0 Å². The molecule has 1 aromatic rings. The Morgan fingerprint density at radius 2 is 1.81 bits per heavy atom. The van der Waals surface area contributed by atoms with Crippen molar-refractivity contribution in [2.24, 2.45) is 0 Å². The molecule has 0 aromatic heterocycles. The van der Waals surface area contributed by atoms with Crippen LogP contribution in [0.4, 0.5) is 5.69 Å². The second kappa shape index (κ2) is 8.48. The van der Waals surface area contributed by atoms with Crippen LogP contribution in [-0.4, -0.2) is 52.1 Å². The van der Waals surface area contributed by atoms with E-state index in [2.05, 4.69) is 0 Å². The Labute approximate surface area is 151 Å². The van der Waals surface area contributed by atoms with Crippen molar-refractivity contribution < 1.29 is 33.3 Å². The molecule has 0 fully saturated rings. The second-order valence-corrected chi connectivity index (χ2v) is 5.39. The minimum Gasteiger partial charge on any atom is -0.466 e. The topological polar surface area (TPSA) is 91.4 Å². The molecule has 0 spiro atoms. The highest BCUT2D eigenvalue weighted by Gasteiger charge is 2.33. The number of nitrogens with zero attached hydrogens (tertiary/aromatic N) is 1. The zero-order chi connectivity index (χ0) is 19.3. The number of anilines is 1. The quantitative estimate of drug-likeness (QED) is 0.575. The largest absolute Gasteiger partial charge is 0.466 e. The Balaban J connectivity index is 2.58. The van der Waals surface area contributed by atoms with Gasteiger partial charge in [-0.1, -0.05) is 6.07 Å². The summed E-state index contributed by atoms with van der Waals surface area (Å²) in [7, 11) is 2.44. The first-order chi connectivity index (χ1) is 12.5. The van der Waals surface area contributed by atoms with E-state index in [-0.39, 0.29) is 31.2 Å². The first-order valence-electron chi connectivity index (χ1n) is 7.98. The van der Waals surface area contributed by atoms with Gasteiger partial charge in [0.1, 0.15) is 12.4 Å². The monoisotopic (exact) mass is 363 g/mol. The molecule has 140 valence electrons. The van der Waals surface area contributed by atoms with Crippen LogP contribution in [0.25, 0.3) is 0 Å². The molecule has 0 N–H and O–H groups in total. The standard InChI is InChI=1S/C18H21NO7/c1-5-26-17(21)12-7-6-8-14(11(12)2)19-10-25-9-13(16(20)23-3)15(19)18(22)24-4/h6-8H,5,9-10H2,1-4H3. The van der Waals surface area contributed by atoms with Gasteiger partial charge in [0.15, 0.2) is 0 Å². The van der Waals surface area contributed by atoms with E-state index in [4.69, 9.17) is 18.9 Å². The van der Waals surface area contributed by atoms with Crippen LogP contribution in [-0.2, 0) is 28.5 Å². The predicted octanol–water partition coefficient (Wildman–Crippen LogP) is 1.57. The van der Waals surface area contributed by atoms with Crippen molar-refractivity contribution in [3.8, 4) is 0 Å². The molecule has 0 unspecified atom stereocenters. The maximum absolute atomic E-state index is 12.3. The molecule has 26 heavy (non-hydrogen) atoms. The normalized spacial score (nSPS) is 14.1. The third-order valence-corrected chi connectivity index (χ3v) is 3.92. The number of hydrogen-bond donors (Lipinski definition) is 0. The predicted molar refractivity (Wildman–Crippen MR) is 91.5 cm³/mol. The third-order valence-electron chi connectivity index (χ3n) is 3.92. The van der Waals surface area contributed by atoms with Crippen molar-refractivity contribution in [1.29, 1.82) is 0 Å². The summed E-state index contributed by atoms with van der Waals surface area (Å²) in [6.45, 7) is 3.62. The minimum absolute atomic E-state index is 0.0120. The Morgan fingerprint density at radius 3 is 2.42 bits per heavy atom. The van der Waals surface area contributed by atoms with Crippen LogP contribution in [0, 0.1) is 6.92 Å². The van der Waals surface area contributed by atoms with E-state index in [0.717, 1.165) is 0 Å². The van der Waals surface area contributed by atoms with Crippen molar-refractivity contribution in [2.45, 2.75) is 13.8 Å². The number of rotatable bonds is 5. The Kier molecular flexibility index (Phi) is 6.35. The van der Waals surface area contributed by atoms with E-state index in [1.165, 1.54) is 19.1 Å². The molecule has 1 aliphatic rings. The lowest BCUT2D eigenvalue weighted by molar-refractivity contribution is -0.140.